The molecule has 6 heteroatoms. The molecule has 0 atom stereocenters. The van der Waals surface area contributed by atoms with E-state index in [0.29, 0.717) is 27.1 Å². The van der Waals surface area contributed by atoms with Crippen LogP contribution in [0.1, 0.15) is 16.1 Å². The van der Waals surface area contributed by atoms with E-state index in [1.54, 1.807) is 49.4 Å². The first-order valence-corrected chi connectivity index (χ1v) is 7.51. The van der Waals surface area contributed by atoms with Gasteiger partial charge in [-0.15, -0.1) is 0 Å². The Kier molecular flexibility index (Phi) is 4.37. The second-order valence-corrected chi connectivity index (χ2v) is 5.58. The van der Waals surface area contributed by atoms with Crippen molar-refractivity contribution < 1.29 is 14.1 Å². The first kappa shape index (κ1) is 15.6. The molecule has 0 aliphatic heterocycles. The highest BCUT2D eigenvalue weighted by atomic mass is 35.5. The Labute approximate surface area is 142 Å². The molecule has 4 nitrogen and oxygen atoms in total. The fourth-order valence-electron chi connectivity index (χ4n) is 2.15. The molecule has 0 saturated heterocycles. The number of para-hydroxylation sites is 1. The van der Waals surface area contributed by atoms with E-state index < -0.39 is 5.97 Å². The second kappa shape index (κ2) is 6.44. The van der Waals surface area contributed by atoms with Crippen LogP contribution in [0.5, 0.6) is 5.75 Å². The third kappa shape index (κ3) is 3.09. The van der Waals surface area contributed by atoms with E-state index in [1.165, 1.54) is 0 Å². The van der Waals surface area contributed by atoms with Crippen LogP contribution in [0.4, 0.5) is 0 Å². The maximum Gasteiger partial charge on any atom is 0.349 e. The SMILES string of the molecule is Cc1onc(-c2c(Cl)cccc2Cl)c1C(=O)Oc1ccccc1. The molecule has 0 unspecified atom stereocenters. The summed E-state index contributed by atoms with van der Waals surface area (Å²) < 4.78 is 10.5. The molecule has 0 spiro atoms. The van der Waals surface area contributed by atoms with Crippen LogP contribution in [-0.2, 0) is 0 Å². The highest BCUT2D eigenvalue weighted by Gasteiger charge is 2.26. The number of hydrogen-bond acceptors (Lipinski definition) is 4. The van der Waals surface area contributed by atoms with E-state index in [-0.39, 0.29) is 11.3 Å². The molecule has 0 saturated carbocycles. The molecule has 3 rings (SSSR count). The average Bonchev–Trinajstić information content (AvgIpc) is 2.90. The van der Waals surface area contributed by atoms with Crippen LogP contribution in [0, 0.1) is 6.92 Å². The van der Waals surface area contributed by atoms with Gasteiger partial charge in [0.15, 0.2) is 0 Å². The van der Waals surface area contributed by atoms with Crippen LogP contribution >= 0.6 is 23.2 Å². The highest BCUT2D eigenvalue weighted by Crippen LogP contribution is 2.37. The topological polar surface area (TPSA) is 52.3 Å². The van der Waals surface area contributed by atoms with Crippen LogP contribution in [0.25, 0.3) is 11.3 Å². The monoisotopic (exact) mass is 347 g/mol. The van der Waals surface area contributed by atoms with Crippen molar-refractivity contribution in [1.82, 2.24) is 5.16 Å². The van der Waals surface area contributed by atoms with Crippen molar-refractivity contribution in [3.05, 3.63) is 69.9 Å². The van der Waals surface area contributed by atoms with Crippen molar-refractivity contribution in [3.8, 4) is 17.0 Å². The minimum absolute atomic E-state index is 0.198. The number of carbonyl (C=O) groups excluding carboxylic acids is 1. The molecule has 0 radical (unpaired) electrons. The Hall–Kier alpha value is -2.30. The first-order valence-electron chi connectivity index (χ1n) is 6.76. The van der Waals surface area contributed by atoms with E-state index in [4.69, 9.17) is 32.5 Å². The highest BCUT2D eigenvalue weighted by molar-refractivity contribution is 6.39. The number of carbonyl (C=O) groups is 1. The van der Waals surface area contributed by atoms with Gasteiger partial charge in [-0.1, -0.05) is 52.6 Å². The van der Waals surface area contributed by atoms with Gasteiger partial charge in [0.1, 0.15) is 22.8 Å². The Morgan fingerprint density at radius 2 is 1.70 bits per heavy atom. The molecular formula is C17H11Cl2NO3. The van der Waals surface area contributed by atoms with Gasteiger partial charge in [0.05, 0.1) is 10.0 Å². The largest absolute Gasteiger partial charge is 0.423 e. The molecule has 23 heavy (non-hydrogen) atoms. The lowest BCUT2D eigenvalue weighted by Crippen LogP contribution is -2.10. The molecular weight excluding hydrogens is 337 g/mol. The van der Waals surface area contributed by atoms with E-state index >= 15 is 0 Å². The summed E-state index contributed by atoms with van der Waals surface area (Å²) in [5.74, 6) is 0.173. The third-order valence-corrected chi connectivity index (χ3v) is 3.85. The Morgan fingerprint density at radius 3 is 2.35 bits per heavy atom. The number of esters is 1. The van der Waals surface area contributed by atoms with Crippen molar-refractivity contribution in [2.75, 3.05) is 0 Å². The second-order valence-electron chi connectivity index (χ2n) is 4.76. The van der Waals surface area contributed by atoms with Crippen LogP contribution in [0.15, 0.2) is 53.1 Å². The quantitative estimate of drug-likeness (QED) is 0.484. The van der Waals surface area contributed by atoms with E-state index in [1.807, 2.05) is 6.07 Å². The molecule has 1 aromatic heterocycles. The predicted molar refractivity (Wildman–Crippen MR) is 88.1 cm³/mol. The van der Waals surface area contributed by atoms with Gasteiger partial charge in [0, 0.05) is 5.56 Å². The summed E-state index contributed by atoms with van der Waals surface area (Å²) in [7, 11) is 0. The summed E-state index contributed by atoms with van der Waals surface area (Å²) >= 11 is 12.4. The van der Waals surface area contributed by atoms with Gasteiger partial charge in [0.25, 0.3) is 0 Å². The van der Waals surface area contributed by atoms with Crippen molar-refractivity contribution in [2.45, 2.75) is 6.92 Å². The van der Waals surface area contributed by atoms with Crippen molar-refractivity contribution in [3.63, 3.8) is 0 Å². The van der Waals surface area contributed by atoms with Gasteiger partial charge in [0.2, 0.25) is 0 Å². The minimum Gasteiger partial charge on any atom is -0.423 e. The molecule has 0 fully saturated rings. The smallest absolute Gasteiger partial charge is 0.349 e. The number of nitrogens with zero attached hydrogens (tertiary/aromatic N) is 1. The maximum absolute atomic E-state index is 12.5. The number of hydrogen-bond donors (Lipinski definition) is 0. The van der Waals surface area contributed by atoms with Gasteiger partial charge in [-0.25, -0.2) is 4.79 Å². The number of aryl methyl sites for hydroxylation is 1. The summed E-state index contributed by atoms with van der Waals surface area (Å²) in [6.07, 6.45) is 0. The summed E-state index contributed by atoms with van der Waals surface area (Å²) in [6, 6.07) is 13.8. The zero-order valence-electron chi connectivity index (χ0n) is 12.0. The summed E-state index contributed by atoms with van der Waals surface area (Å²) in [4.78, 5) is 12.5. The van der Waals surface area contributed by atoms with Crippen molar-refractivity contribution >= 4 is 29.2 Å². The van der Waals surface area contributed by atoms with Crippen LogP contribution in [0.2, 0.25) is 10.0 Å². The van der Waals surface area contributed by atoms with Gasteiger partial charge in [-0.05, 0) is 31.2 Å². The van der Waals surface area contributed by atoms with Crippen LogP contribution in [-0.4, -0.2) is 11.1 Å². The van der Waals surface area contributed by atoms with Gasteiger partial charge < -0.3 is 9.26 Å². The average molecular weight is 348 g/mol. The maximum atomic E-state index is 12.5. The molecule has 3 aromatic rings. The lowest BCUT2D eigenvalue weighted by Gasteiger charge is -2.07. The molecule has 0 N–H and O–H groups in total. The number of rotatable bonds is 3. The Balaban J connectivity index is 2.04. The van der Waals surface area contributed by atoms with Gasteiger partial charge >= 0.3 is 5.97 Å². The normalized spacial score (nSPS) is 10.6. The summed E-state index contributed by atoms with van der Waals surface area (Å²) in [5.41, 5.74) is 0.899. The lowest BCUT2D eigenvalue weighted by atomic mass is 10.1. The molecule has 116 valence electrons. The molecule has 0 aliphatic carbocycles. The third-order valence-electron chi connectivity index (χ3n) is 3.22. The Morgan fingerprint density at radius 1 is 1.04 bits per heavy atom. The van der Waals surface area contributed by atoms with E-state index in [2.05, 4.69) is 5.16 Å². The number of halogens is 2. The zero-order chi connectivity index (χ0) is 16.4. The van der Waals surface area contributed by atoms with Crippen LogP contribution < -0.4 is 4.74 Å². The fourth-order valence-corrected chi connectivity index (χ4v) is 2.73. The predicted octanol–water partition coefficient (Wildman–Crippen LogP) is 5.18. The van der Waals surface area contributed by atoms with Gasteiger partial charge in [-0.2, -0.15) is 0 Å². The summed E-state index contributed by atoms with van der Waals surface area (Å²) in [6.45, 7) is 1.63. The number of ether oxygens (including phenoxy) is 1. The number of benzene rings is 2. The minimum atomic E-state index is -0.582. The number of aromatic nitrogens is 1. The molecule has 0 amide bonds. The van der Waals surface area contributed by atoms with E-state index in [9.17, 15) is 4.79 Å². The standard InChI is InChI=1S/C17H11Cl2NO3/c1-10-14(17(21)22-11-6-3-2-4-7-11)16(20-23-10)15-12(18)8-5-9-13(15)19/h2-9H,1H3. The van der Waals surface area contributed by atoms with Crippen molar-refractivity contribution in [2.24, 2.45) is 0 Å². The molecule has 2 aromatic carbocycles. The Bertz CT molecular complexity index is 839. The van der Waals surface area contributed by atoms with Crippen molar-refractivity contribution in [1.29, 1.82) is 0 Å². The molecule has 0 aliphatic rings. The lowest BCUT2D eigenvalue weighted by molar-refractivity contribution is 0.0733. The van der Waals surface area contributed by atoms with E-state index in [0.717, 1.165) is 0 Å². The first-order chi connectivity index (χ1) is 11.1. The fraction of sp³-hybridized carbons (Fsp3) is 0.0588. The zero-order valence-corrected chi connectivity index (χ0v) is 13.6. The van der Waals surface area contributed by atoms with Gasteiger partial charge in [-0.3, -0.25) is 0 Å². The molecule has 1 heterocycles. The summed E-state index contributed by atoms with van der Waals surface area (Å²) in [5, 5.41) is 4.67. The molecule has 0 bridgehead atoms. The van der Waals surface area contributed by atoms with Crippen LogP contribution in [0.3, 0.4) is 0 Å².